The molecule has 0 saturated carbocycles. The number of alkyl halides is 1. The van der Waals surface area contributed by atoms with E-state index in [4.69, 9.17) is 16.0 Å². The van der Waals surface area contributed by atoms with Gasteiger partial charge in [0.25, 0.3) is 0 Å². The van der Waals surface area contributed by atoms with E-state index in [1.165, 1.54) is 0 Å². The van der Waals surface area contributed by atoms with Gasteiger partial charge in [0.2, 0.25) is 5.91 Å². The van der Waals surface area contributed by atoms with Crippen molar-refractivity contribution in [3.8, 4) is 0 Å². The second-order valence-electron chi connectivity index (χ2n) is 4.77. The summed E-state index contributed by atoms with van der Waals surface area (Å²) in [5, 5.41) is 3.44. The number of hydrogen-bond donors (Lipinski definition) is 1. The summed E-state index contributed by atoms with van der Waals surface area (Å²) >= 11 is 10.0. The van der Waals surface area contributed by atoms with Crippen LogP contribution in [0.25, 0.3) is 0 Å². The van der Waals surface area contributed by atoms with Crippen molar-refractivity contribution in [2.75, 3.05) is 5.32 Å². The lowest BCUT2D eigenvalue weighted by molar-refractivity contribution is -0.115. The number of amides is 1. The van der Waals surface area contributed by atoms with Gasteiger partial charge >= 0.3 is 0 Å². The predicted octanol–water partition coefficient (Wildman–Crippen LogP) is 4.47. The zero-order valence-corrected chi connectivity index (χ0v) is 13.2. The lowest BCUT2D eigenvalue weighted by Crippen LogP contribution is -2.03. The minimum atomic E-state index is -0.0373. The highest BCUT2D eigenvalue weighted by Crippen LogP contribution is 2.40. The molecule has 0 saturated heterocycles. The average Bonchev–Trinajstić information content (AvgIpc) is 3.01. The fraction of sp³-hybridized carbons (Fsp3) is 0.267. The van der Waals surface area contributed by atoms with Crippen molar-refractivity contribution in [3.05, 3.63) is 51.9 Å². The number of carbonyl (C=O) groups excluding carboxylic acids is 1. The summed E-state index contributed by atoms with van der Waals surface area (Å²) in [4.78, 5) is 11.4. The highest BCUT2D eigenvalue weighted by Gasteiger charge is 2.24. The number of hydrogen-bond acceptors (Lipinski definition) is 2. The van der Waals surface area contributed by atoms with E-state index in [1.807, 2.05) is 18.2 Å². The van der Waals surface area contributed by atoms with Gasteiger partial charge in [0.1, 0.15) is 5.76 Å². The largest absolute Gasteiger partial charge is 0.469 e. The molecule has 3 nitrogen and oxygen atoms in total. The number of fused-ring (bicyclic) bond motifs is 1. The molecule has 1 N–H and O–H groups in total. The Hall–Kier alpha value is -1.26. The van der Waals surface area contributed by atoms with Crippen LogP contribution in [0.5, 0.6) is 0 Å². The number of nitrogens with one attached hydrogen (secondary N) is 1. The van der Waals surface area contributed by atoms with Crippen molar-refractivity contribution >= 4 is 39.1 Å². The second-order valence-corrected chi connectivity index (χ2v) is 6.09. The van der Waals surface area contributed by atoms with Gasteiger partial charge in [-0.25, -0.2) is 0 Å². The SMILES string of the molecule is CCc1occc1C(Br)c1cc2c(cc1Cl)NC(=O)C2. The Morgan fingerprint density at radius 3 is 3.00 bits per heavy atom. The number of carbonyl (C=O) groups is 1. The Morgan fingerprint density at radius 2 is 2.25 bits per heavy atom. The highest BCUT2D eigenvalue weighted by molar-refractivity contribution is 9.09. The standard InChI is InChI=1S/C15H13BrClNO2/c1-2-13-9(3-4-20-13)15(16)10-5-8-6-14(19)18-12(8)7-11(10)17/h3-5,7,15H,2,6H2,1H3,(H,18,19). The number of aryl methyl sites for hydroxylation is 1. The lowest BCUT2D eigenvalue weighted by Gasteiger charge is -2.14. The van der Waals surface area contributed by atoms with Gasteiger partial charge in [-0.2, -0.15) is 0 Å². The van der Waals surface area contributed by atoms with Crippen molar-refractivity contribution in [3.63, 3.8) is 0 Å². The third-order valence-corrected chi connectivity index (χ3v) is 4.81. The molecule has 0 radical (unpaired) electrons. The summed E-state index contributed by atoms with van der Waals surface area (Å²) in [5.41, 5.74) is 3.83. The fourth-order valence-corrected chi connectivity index (χ4v) is 3.68. The van der Waals surface area contributed by atoms with Crippen LogP contribution in [-0.2, 0) is 17.6 Å². The van der Waals surface area contributed by atoms with E-state index in [1.54, 1.807) is 6.26 Å². The maximum atomic E-state index is 11.4. The molecular formula is C15H13BrClNO2. The first-order chi connectivity index (χ1) is 9.60. The minimum absolute atomic E-state index is 0.0110. The van der Waals surface area contributed by atoms with Gasteiger partial charge in [-0.1, -0.05) is 40.5 Å². The molecule has 5 heteroatoms. The molecule has 104 valence electrons. The number of rotatable bonds is 3. The smallest absolute Gasteiger partial charge is 0.228 e. The van der Waals surface area contributed by atoms with E-state index in [9.17, 15) is 4.79 Å². The van der Waals surface area contributed by atoms with E-state index in [0.717, 1.165) is 34.6 Å². The van der Waals surface area contributed by atoms with E-state index in [-0.39, 0.29) is 10.7 Å². The fourth-order valence-electron chi connectivity index (χ4n) is 2.49. The van der Waals surface area contributed by atoms with Crippen LogP contribution in [0.3, 0.4) is 0 Å². The number of furan rings is 1. The predicted molar refractivity (Wildman–Crippen MR) is 82.6 cm³/mol. The van der Waals surface area contributed by atoms with Crippen molar-refractivity contribution in [2.24, 2.45) is 0 Å². The summed E-state index contributed by atoms with van der Waals surface area (Å²) in [7, 11) is 0. The van der Waals surface area contributed by atoms with Crippen LogP contribution in [0.15, 0.2) is 28.9 Å². The van der Waals surface area contributed by atoms with Gasteiger partial charge < -0.3 is 9.73 Å². The zero-order valence-electron chi connectivity index (χ0n) is 10.9. The molecule has 0 spiro atoms. The normalized spacial score (nSPS) is 15.1. The molecule has 2 aromatic rings. The molecule has 0 fully saturated rings. The Balaban J connectivity index is 2.03. The highest BCUT2D eigenvalue weighted by atomic mass is 79.9. The topological polar surface area (TPSA) is 42.2 Å². The molecule has 0 aliphatic carbocycles. The number of anilines is 1. The third-order valence-electron chi connectivity index (χ3n) is 3.49. The summed E-state index contributed by atoms with van der Waals surface area (Å²) in [5.74, 6) is 0.953. The monoisotopic (exact) mass is 353 g/mol. The van der Waals surface area contributed by atoms with Gasteiger partial charge in [-0.15, -0.1) is 0 Å². The Bertz CT molecular complexity index is 681. The van der Waals surface area contributed by atoms with Crippen LogP contribution in [-0.4, -0.2) is 5.91 Å². The maximum Gasteiger partial charge on any atom is 0.228 e. The zero-order chi connectivity index (χ0) is 14.3. The van der Waals surface area contributed by atoms with Gasteiger partial charge in [-0.3, -0.25) is 4.79 Å². The van der Waals surface area contributed by atoms with Crippen LogP contribution < -0.4 is 5.32 Å². The summed E-state index contributed by atoms with van der Waals surface area (Å²) in [6.45, 7) is 2.05. The Kier molecular flexibility index (Phi) is 3.61. The Labute approximate surface area is 130 Å². The average molecular weight is 355 g/mol. The number of benzene rings is 1. The van der Waals surface area contributed by atoms with Crippen LogP contribution in [0.1, 0.15) is 34.2 Å². The maximum absolute atomic E-state index is 11.4. The molecular weight excluding hydrogens is 342 g/mol. The number of halogens is 2. The molecule has 0 bridgehead atoms. The molecule has 3 rings (SSSR count). The van der Waals surface area contributed by atoms with E-state index in [2.05, 4.69) is 28.2 Å². The van der Waals surface area contributed by atoms with Gasteiger partial charge in [0.15, 0.2) is 0 Å². The van der Waals surface area contributed by atoms with E-state index >= 15 is 0 Å². The third kappa shape index (κ3) is 2.27. The molecule has 1 atom stereocenters. The minimum Gasteiger partial charge on any atom is -0.469 e. The van der Waals surface area contributed by atoms with Crippen LogP contribution in [0, 0.1) is 0 Å². The van der Waals surface area contributed by atoms with Crippen molar-refractivity contribution in [1.29, 1.82) is 0 Å². The molecule has 1 aromatic carbocycles. The molecule has 1 aliphatic rings. The van der Waals surface area contributed by atoms with Crippen molar-refractivity contribution < 1.29 is 9.21 Å². The molecule has 1 aliphatic heterocycles. The van der Waals surface area contributed by atoms with Gasteiger partial charge in [0, 0.05) is 22.7 Å². The van der Waals surface area contributed by atoms with Crippen LogP contribution in [0.4, 0.5) is 5.69 Å². The van der Waals surface area contributed by atoms with Crippen molar-refractivity contribution in [2.45, 2.75) is 24.6 Å². The summed E-state index contributed by atoms with van der Waals surface area (Å²) in [6, 6.07) is 5.75. The van der Waals surface area contributed by atoms with Crippen LogP contribution >= 0.6 is 27.5 Å². The molecule has 1 unspecified atom stereocenters. The quantitative estimate of drug-likeness (QED) is 0.826. The first-order valence-corrected chi connectivity index (χ1v) is 7.72. The van der Waals surface area contributed by atoms with E-state index in [0.29, 0.717) is 11.4 Å². The second kappa shape index (κ2) is 5.26. The van der Waals surface area contributed by atoms with Gasteiger partial charge in [0.05, 0.1) is 17.5 Å². The summed E-state index contributed by atoms with van der Waals surface area (Å²) in [6.07, 6.45) is 2.92. The van der Waals surface area contributed by atoms with Gasteiger partial charge in [-0.05, 0) is 23.3 Å². The van der Waals surface area contributed by atoms with Crippen molar-refractivity contribution in [1.82, 2.24) is 0 Å². The lowest BCUT2D eigenvalue weighted by atomic mass is 10.0. The first-order valence-electron chi connectivity index (χ1n) is 6.42. The molecule has 20 heavy (non-hydrogen) atoms. The molecule has 1 aromatic heterocycles. The molecule has 2 heterocycles. The van der Waals surface area contributed by atoms with E-state index < -0.39 is 0 Å². The molecule has 1 amide bonds. The first kappa shape index (κ1) is 13.7. The summed E-state index contributed by atoms with van der Waals surface area (Å²) < 4.78 is 5.47. The Morgan fingerprint density at radius 1 is 1.45 bits per heavy atom. The van der Waals surface area contributed by atoms with Crippen LogP contribution in [0.2, 0.25) is 5.02 Å².